The van der Waals surface area contributed by atoms with Crippen molar-refractivity contribution in [2.45, 2.75) is 25.4 Å². The maximum atomic E-state index is 13.2. The van der Waals surface area contributed by atoms with Gasteiger partial charge in [0.05, 0.1) is 17.2 Å². The summed E-state index contributed by atoms with van der Waals surface area (Å²) < 4.78 is 19.2. The van der Waals surface area contributed by atoms with Crippen molar-refractivity contribution < 1.29 is 14.2 Å². The fourth-order valence-electron chi connectivity index (χ4n) is 2.41. The Hall–Kier alpha value is -1.39. The number of rotatable bonds is 5. The maximum absolute atomic E-state index is 13.2. The van der Waals surface area contributed by atoms with Gasteiger partial charge >= 0.3 is 0 Å². The highest BCUT2D eigenvalue weighted by Crippen LogP contribution is 2.28. The molecule has 4 heteroatoms. The van der Waals surface area contributed by atoms with Gasteiger partial charge in [0.1, 0.15) is 11.6 Å². The lowest BCUT2D eigenvalue weighted by Crippen LogP contribution is -2.30. The summed E-state index contributed by atoms with van der Waals surface area (Å²) in [6, 6.07) is 12.0. The summed E-state index contributed by atoms with van der Waals surface area (Å²) in [5.74, 6) is 0.471. The molecule has 21 heavy (non-hydrogen) atoms. The van der Waals surface area contributed by atoms with E-state index in [0.717, 1.165) is 21.3 Å². The molecule has 2 rings (SSSR count). The number of aliphatic hydroxyl groups is 1. The van der Waals surface area contributed by atoms with Crippen LogP contribution >= 0.6 is 15.9 Å². The van der Waals surface area contributed by atoms with Crippen LogP contribution in [0.5, 0.6) is 5.75 Å². The van der Waals surface area contributed by atoms with Gasteiger partial charge in [-0.15, -0.1) is 0 Å². The topological polar surface area (TPSA) is 29.5 Å². The van der Waals surface area contributed by atoms with Gasteiger partial charge in [0.2, 0.25) is 0 Å². The van der Waals surface area contributed by atoms with E-state index in [4.69, 9.17) is 4.74 Å². The van der Waals surface area contributed by atoms with Crippen LogP contribution in [0.3, 0.4) is 0 Å². The first-order valence-corrected chi connectivity index (χ1v) is 7.48. The molecule has 2 aromatic carbocycles. The fraction of sp³-hybridized carbons (Fsp3) is 0.294. The van der Waals surface area contributed by atoms with Crippen molar-refractivity contribution in [2.24, 2.45) is 0 Å². The lowest BCUT2D eigenvalue weighted by molar-refractivity contribution is 0.0607. The van der Waals surface area contributed by atoms with E-state index >= 15 is 0 Å². The summed E-state index contributed by atoms with van der Waals surface area (Å²) in [7, 11) is 1.61. The normalized spacial score (nSPS) is 13.8. The van der Waals surface area contributed by atoms with Crippen molar-refractivity contribution in [3.8, 4) is 5.75 Å². The molecule has 1 N–H and O–H groups in total. The predicted octanol–water partition coefficient (Wildman–Crippen LogP) is 4.13. The fourth-order valence-corrected chi connectivity index (χ4v) is 3.00. The van der Waals surface area contributed by atoms with Crippen molar-refractivity contribution in [3.05, 3.63) is 63.9 Å². The molecular weight excluding hydrogens is 335 g/mol. The molecule has 0 heterocycles. The molecule has 112 valence electrons. The maximum Gasteiger partial charge on any atom is 0.133 e. The summed E-state index contributed by atoms with van der Waals surface area (Å²) in [5.41, 5.74) is 0.832. The molecule has 0 saturated carbocycles. The Balaban J connectivity index is 2.11. The van der Waals surface area contributed by atoms with Gasteiger partial charge in [-0.3, -0.25) is 0 Å². The van der Waals surface area contributed by atoms with E-state index in [1.54, 1.807) is 20.1 Å². The summed E-state index contributed by atoms with van der Waals surface area (Å²) in [6.45, 7) is 1.76. The molecule has 0 bridgehead atoms. The Morgan fingerprint density at radius 3 is 2.38 bits per heavy atom. The molecule has 0 saturated heterocycles. The molecule has 0 aromatic heterocycles. The standard InChI is InChI=1S/C17H18BrFO2/c1-17(20,10-12-4-3-5-14(19)8-12)11-13-6-7-16(21-2)15(18)9-13/h3-9,20H,10-11H2,1-2H3. The molecular formula is C17H18BrFO2. The van der Waals surface area contributed by atoms with Crippen LogP contribution in [0.1, 0.15) is 18.1 Å². The molecule has 1 atom stereocenters. The third-order valence-electron chi connectivity index (χ3n) is 3.28. The zero-order valence-electron chi connectivity index (χ0n) is 12.1. The summed E-state index contributed by atoms with van der Waals surface area (Å²) >= 11 is 3.43. The lowest BCUT2D eigenvalue weighted by Gasteiger charge is -2.24. The van der Waals surface area contributed by atoms with Gasteiger partial charge in [0, 0.05) is 12.8 Å². The first kappa shape index (κ1) is 16.0. The quantitative estimate of drug-likeness (QED) is 0.876. The summed E-state index contributed by atoms with van der Waals surface area (Å²) in [6.07, 6.45) is 0.876. The third kappa shape index (κ3) is 4.55. The van der Waals surface area contributed by atoms with E-state index in [2.05, 4.69) is 15.9 Å². The third-order valence-corrected chi connectivity index (χ3v) is 3.89. The van der Waals surface area contributed by atoms with E-state index < -0.39 is 5.60 Å². The molecule has 1 unspecified atom stereocenters. The average Bonchev–Trinajstić information content (AvgIpc) is 2.37. The molecule has 0 spiro atoms. The zero-order chi connectivity index (χ0) is 15.5. The average molecular weight is 353 g/mol. The Labute approximate surface area is 132 Å². The smallest absolute Gasteiger partial charge is 0.133 e. The van der Waals surface area contributed by atoms with Crippen molar-refractivity contribution in [1.82, 2.24) is 0 Å². The van der Waals surface area contributed by atoms with Crippen LogP contribution in [0.4, 0.5) is 4.39 Å². The second-order valence-electron chi connectivity index (χ2n) is 5.45. The Morgan fingerprint density at radius 1 is 1.14 bits per heavy atom. The predicted molar refractivity (Wildman–Crippen MR) is 85.1 cm³/mol. The van der Waals surface area contributed by atoms with E-state index in [1.165, 1.54) is 12.1 Å². The van der Waals surface area contributed by atoms with Gasteiger partial charge in [-0.05, 0) is 58.2 Å². The highest BCUT2D eigenvalue weighted by atomic mass is 79.9. The Bertz CT molecular complexity index is 626. The van der Waals surface area contributed by atoms with Crippen LogP contribution in [-0.4, -0.2) is 17.8 Å². The van der Waals surface area contributed by atoms with E-state index in [0.29, 0.717) is 12.8 Å². The summed E-state index contributed by atoms with van der Waals surface area (Å²) in [5, 5.41) is 10.6. The first-order valence-electron chi connectivity index (χ1n) is 6.69. The van der Waals surface area contributed by atoms with Gasteiger partial charge in [0.25, 0.3) is 0 Å². The zero-order valence-corrected chi connectivity index (χ0v) is 13.7. The van der Waals surface area contributed by atoms with Crippen molar-refractivity contribution >= 4 is 15.9 Å². The van der Waals surface area contributed by atoms with Crippen molar-refractivity contribution in [2.75, 3.05) is 7.11 Å². The minimum Gasteiger partial charge on any atom is -0.496 e. The number of benzene rings is 2. The lowest BCUT2D eigenvalue weighted by atomic mass is 9.90. The van der Waals surface area contributed by atoms with Crippen LogP contribution in [0.2, 0.25) is 0 Å². The number of methoxy groups -OCH3 is 1. The van der Waals surface area contributed by atoms with Gasteiger partial charge in [-0.25, -0.2) is 4.39 Å². The molecule has 0 amide bonds. The molecule has 0 radical (unpaired) electrons. The van der Waals surface area contributed by atoms with Crippen molar-refractivity contribution in [1.29, 1.82) is 0 Å². The number of ether oxygens (including phenoxy) is 1. The van der Waals surface area contributed by atoms with E-state index in [9.17, 15) is 9.50 Å². The molecule has 0 aliphatic carbocycles. The molecule has 2 aromatic rings. The van der Waals surface area contributed by atoms with Crippen molar-refractivity contribution in [3.63, 3.8) is 0 Å². The van der Waals surface area contributed by atoms with Crippen LogP contribution in [-0.2, 0) is 12.8 Å². The van der Waals surface area contributed by atoms with Gasteiger partial charge in [-0.2, -0.15) is 0 Å². The van der Waals surface area contributed by atoms with Crippen LogP contribution < -0.4 is 4.74 Å². The van der Waals surface area contributed by atoms with E-state index in [-0.39, 0.29) is 5.82 Å². The van der Waals surface area contributed by atoms with Crippen LogP contribution in [0.15, 0.2) is 46.9 Å². The molecule has 0 aliphatic rings. The molecule has 0 aliphatic heterocycles. The second-order valence-corrected chi connectivity index (χ2v) is 6.30. The minimum absolute atomic E-state index is 0.282. The molecule has 0 fully saturated rings. The SMILES string of the molecule is COc1ccc(CC(C)(O)Cc2cccc(F)c2)cc1Br. The van der Waals surface area contributed by atoms with Gasteiger partial charge in [0.15, 0.2) is 0 Å². The highest BCUT2D eigenvalue weighted by molar-refractivity contribution is 9.10. The first-order chi connectivity index (χ1) is 9.89. The van der Waals surface area contributed by atoms with Crippen LogP contribution in [0, 0.1) is 5.82 Å². The minimum atomic E-state index is -0.943. The molecule has 2 nitrogen and oxygen atoms in total. The summed E-state index contributed by atoms with van der Waals surface area (Å²) in [4.78, 5) is 0. The van der Waals surface area contributed by atoms with Crippen LogP contribution in [0.25, 0.3) is 0 Å². The Morgan fingerprint density at radius 2 is 1.81 bits per heavy atom. The monoisotopic (exact) mass is 352 g/mol. The largest absolute Gasteiger partial charge is 0.496 e. The second kappa shape index (κ2) is 6.58. The number of halogens is 2. The number of hydrogen-bond donors (Lipinski definition) is 1. The number of hydrogen-bond acceptors (Lipinski definition) is 2. The van der Waals surface area contributed by atoms with Gasteiger partial charge in [-0.1, -0.05) is 18.2 Å². The highest BCUT2D eigenvalue weighted by Gasteiger charge is 2.22. The Kier molecular flexibility index (Phi) is 5.01. The van der Waals surface area contributed by atoms with E-state index in [1.807, 2.05) is 24.3 Å². The van der Waals surface area contributed by atoms with Gasteiger partial charge < -0.3 is 9.84 Å².